The van der Waals surface area contributed by atoms with Gasteiger partial charge in [-0.1, -0.05) is 0 Å². The van der Waals surface area contributed by atoms with E-state index < -0.39 is 41.6 Å². The van der Waals surface area contributed by atoms with Crippen LogP contribution in [0.2, 0.25) is 0 Å². The number of nitrogens with one attached hydrogen (secondary N) is 2. The predicted molar refractivity (Wildman–Crippen MR) is 93.5 cm³/mol. The third kappa shape index (κ3) is 3.18. The summed E-state index contributed by atoms with van der Waals surface area (Å²) < 4.78 is 23.7. The average molecular weight is 393 g/mol. The van der Waals surface area contributed by atoms with Crippen LogP contribution in [0, 0.1) is 0 Å². The van der Waals surface area contributed by atoms with Gasteiger partial charge in [0, 0.05) is 12.3 Å². The highest BCUT2D eigenvalue weighted by molar-refractivity contribution is 5.72. The van der Waals surface area contributed by atoms with Gasteiger partial charge in [-0.2, -0.15) is 0 Å². The van der Waals surface area contributed by atoms with Crippen LogP contribution >= 0.6 is 0 Å². The van der Waals surface area contributed by atoms with Gasteiger partial charge in [-0.05, 0) is 19.9 Å². The standard InChI is InChI=1S/C17H19N3O8/c1-17(2)27-12-10(7-22)26-15(13(12)28-17)20-5-9(14(23)19-16(20)24)18-11-4-3-8(6-21)25-11/h3-6,10,12-13,15,18,22H,7H2,1-2H3,(H,19,23,24)/t10-,12-,13-,15-/m1/s1. The molecule has 2 saturated heterocycles. The second-order valence-corrected chi connectivity index (χ2v) is 6.97. The molecule has 2 aromatic rings. The molecular formula is C17H19N3O8. The molecule has 11 heteroatoms. The van der Waals surface area contributed by atoms with E-state index in [0.717, 1.165) is 4.57 Å². The average Bonchev–Trinajstić information content (AvgIpc) is 3.30. The summed E-state index contributed by atoms with van der Waals surface area (Å²) >= 11 is 0. The van der Waals surface area contributed by atoms with Crippen LogP contribution < -0.4 is 16.6 Å². The molecule has 0 radical (unpaired) electrons. The number of rotatable bonds is 5. The van der Waals surface area contributed by atoms with E-state index in [0.29, 0.717) is 6.29 Å². The highest BCUT2D eigenvalue weighted by Crippen LogP contribution is 2.42. The summed E-state index contributed by atoms with van der Waals surface area (Å²) in [5, 5.41) is 12.3. The Balaban J connectivity index is 1.68. The van der Waals surface area contributed by atoms with Crippen molar-refractivity contribution in [3.63, 3.8) is 0 Å². The van der Waals surface area contributed by atoms with E-state index in [-0.39, 0.29) is 23.9 Å². The van der Waals surface area contributed by atoms with Crippen LogP contribution in [0.5, 0.6) is 0 Å². The second kappa shape index (κ2) is 6.71. The molecule has 0 bridgehead atoms. The molecular weight excluding hydrogens is 374 g/mol. The number of H-pyrrole nitrogens is 1. The lowest BCUT2D eigenvalue weighted by Gasteiger charge is -2.24. The molecule has 2 aliphatic heterocycles. The molecule has 0 spiro atoms. The van der Waals surface area contributed by atoms with Crippen LogP contribution in [0.4, 0.5) is 11.6 Å². The number of carbonyl (C=O) groups is 1. The monoisotopic (exact) mass is 393 g/mol. The number of furan rings is 1. The van der Waals surface area contributed by atoms with Crippen LogP contribution in [-0.2, 0) is 14.2 Å². The van der Waals surface area contributed by atoms with Crippen LogP contribution in [0.1, 0.15) is 30.6 Å². The number of hydrogen-bond acceptors (Lipinski definition) is 9. The van der Waals surface area contributed by atoms with Gasteiger partial charge in [0.1, 0.15) is 24.0 Å². The largest absolute Gasteiger partial charge is 0.438 e. The lowest BCUT2D eigenvalue weighted by atomic mass is 10.1. The molecule has 4 heterocycles. The Labute approximate surface area is 157 Å². The second-order valence-electron chi connectivity index (χ2n) is 6.97. The number of nitrogens with zero attached hydrogens (tertiary/aromatic N) is 1. The number of aldehydes is 1. The number of aromatic nitrogens is 2. The number of aromatic amines is 1. The minimum absolute atomic E-state index is 0.00262. The van der Waals surface area contributed by atoms with Crippen LogP contribution in [0.15, 0.2) is 32.3 Å². The number of aliphatic hydroxyl groups excluding tert-OH is 1. The molecule has 0 saturated carbocycles. The first-order chi connectivity index (χ1) is 13.3. The Kier molecular flexibility index (Phi) is 4.46. The van der Waals surface area contributed by atoms with Crippen LogP contribution in [0.25, 0.3) is 0 Å². The number of hydrogen-bond donors (Lipinski definition) is 3. The van der Waals surface area contributed by atoms with Crippen molar-refractivity contribution in [1.82, 2.24) is 9.55 Å². The third-order valence-electron chi connectivity index (χ3n) is 4.55. The summed E-state index contributed by atoms with van der Waals surface area (Å²) in [5.74, 6) is -0.673. The molecule has 3 N–H and O–H groups in total. The normalized spacial score (nSPS) is 28.2. The lowest BCUT2D eigenvalue weighted by Crippen LogP contribution is -2.38. The number of carbonyl (C=O) groups excluding carboxylic acids is 1. The fourth-order valence-electron chi connectivity index (χ4n) is 3.41. The molecule has 2 fully saturated rings. The summed E-state index contributed by atoms with van der Waals surface area (Å²) in [7, 11) is 0. The van der Waals surface area contributed by atoms with Gasteiger partial charge in [0.2, 0.25) is 0 Å². The molecule has 2 aromatic heterocycles. The van der Waals surface area contributed by atoms with Gasteiger partial charge in [0.15, 0.2) is 29.9 Å². The number of ether oxygens (including phenoxy) is 3. The van der Waals surface area contributed by atoms with E-state index in [1.807, 2.05) is 0 Å². The molecule has 0 amide bonds. The van der Waals surface area contributed by atoms with E-state index in [4.69, 9.17) is 18.6 Å². The summed E-state index contributed by atoms with van der Waals surface area (Å²) in [6.07, 6.45) is -1.05. The summed E-state index contributed by atoms with van der Waals surface area (Å²) in [4.78, 5) is 37.5. The first-order valence-corrected chi connectivity index (χ1v) is 8.61. The van der Waals surface area contributed by atoms with Crippen LogP contribution in [-0.4, -0.2) is 51.6 Å². The van der Waals surface area contributed by atoms with Crippen molar-refractivity contribution < 1.29 is 28.5 Å². The molecule has 0 aliphatic carbocycles. The van der Waals surface area contributed by atoms with Gasteiger partial charge in [-0.25, -0.2) is 4.79 Å². The maximum absolute atomic E-state index is 12.4. The maximum atomic E-state index is 12.4. The van der Waals surface area contributed by atoms with Crippen molar-refractivity contribution in [2.45, 2.75) is 44.2 Å². The van der Waals surface area contributed by atoms with Crippen molar-refractivity contribution in [2.24, 2.45) is 0 Å². The Morgan fingerprint density at radius 1 is 1.29 bits per heavy atom. The van der Waals surface area contributed by atoms with Crippen molar-refractivity contribution in [1.29, 1.82) is 0 Å². The number of fused-ring (bicyclic) bond motifs is 1. The van der Waals surface area contributed by atoms with Crippen molar-refractivity contribution in [3.05, 3.63) is 44.9 Å². The van der Waals surface area contributed by atoms with Gasteiger partial charge in [0.25, 0.3) is 5.56 Å². The molecule has 150 valence electrons. The van der Waals surface area contributed by atoms with Crippen LogP contribution in [0.3, 0.4) is 0 Å². The van der Waals surface area contributed by atoms with Gasteiger partial charge in [0.05, 0.1) is 6.61 Å². The minimum atomic E-state index is -0.920. The molecule has 0 unspecified atom stereocenters. The van der Waals surface area contributed by atoms with Gasteiger partial charge >= 0.3 is 5.69 Å². The van der Waals surface area contributed by atoms with Crippen molar-refractivity contribution in [3.8, 4) is 0 Å². The summed E-state index contributed by atoms with van der Waals surface area (Å²) in [6.45, 7) is 3.13. The van der Waals surface area contributed by atoms with Gasteiger partial charge in [-0.3, -0.25) is 19.1 Å². The highest BCUT2D eigenvalue weighted by Gasteiger charge is 2.55. The van der Waals surface area contributed by atoms with Gasteiger partial charge in [-0.15, -0.1) is 0 Å². The summed E-state index contributed by atoms with van der Waals surface area (Å²) in [5.41, 5.74) is -1.39. The highest BCUT2D eigenvalue weighted by atomic mass is 16.8. The molecule has 4 rings (SSSR count). The molecule has 0 aromatic carbocycles. The Hall–Kier alpha value is -2.73. The molecule has 2 aliphatic rings. The van der Waals surface area contributed by atoms with Gasteiger partial charge < -0.3 is 29.1 Å². The molecule has 28 heavy (non-hydrogen) atoms. The Morgan fingerprint density at radius 3 is 2.71 bits per heavy atom. The quantitative estimate of drug-likeness (QED) is 0.602. The minimum Gasteiger partial charge on any atom is -0.438 e. The Bertz CT molecular complexity index is 1010. The zero-order valence-corrected chi connectivity index (χ0v) is 15.1. The van der Waals surface area contributed by atoms with Crippen molar-refractivity contribution in [2.75, 3.05) is 11.9 Å². The smallest absolute Gasteiger partial charge is 0.330 e. The molecule has 4 atom stereocenters. The maximum Gasteiger partial charge on any atom is 0.330 e. The fraction of sp³-hybridized carbons (Fsp3) is 0.471. The third-order valence-corrected chi connectivity index (χ3v) is 4.55. The van der Waals surface area contributed by atoms with E-state index in [1.165, 1.54) is 18.3 Å². The zero-order chi connectivity index (χ0) is 20.1. The topological polar surface area (TPSA) is 145 Å². The summed E-state index contributed by atoms with van der Waals surface area (Å²) in [6, 6.07) is 2.90. The zero-order valence-electron chi connectivity index (χ0n) is 15.1. The lowest BCUT2D eigenvalue weighted by molar-refractivity contribution is -0.200. The van der Waals surface area contributed by atoms with E-state index >= 15 is 0 Å². The van der Waals surface area contributed by atoms with E-state index in [9.17, 15) is 19.5 Å². The first-order valence-electron chi connectivity index (χ1n) is 8.61. The van der Waals surface area contributed by atoms with E-state index in [1.54, 1.807) is 13.8 Å². The van der Waals surface area contributed by atoms with Crippen molar-refractivity contribution >= 4 is 17.9 Å². The SMILES string of the molecule is CC1(C)O[C@@H]2[C@H](O1)[C@@H](CO)O[C@H]2n1cc(Nc2ccc(C=O)o2)c(=O)[nH]c1=O. The number of aliphatic hydroxyl groups is 1. The Morgan fingerprint density at radius 2 is 2.04 bits per heavy atom. The molecule has 11 nitrogen and oxygen atoms in total. The fourth-order valence-corrected chi connectivity index (χ4v) is 3.41. The number of anilines is 2. The first kappa shape index (κ1) is 18.6. The van der Waals surface area contributed by atoms with E-state index in [2.05, 4.69) is 10.3 Å². The predicted octanol–water partition coefficient (Wildman–Crippen LogP) is 0.0955.